The molecule has 0 bridgehead atoms. The predicted molar refractivity (Wildman–Crippen MR) is 141 cm³/mol. The number of H-pyrrole nitrogens is 1. The normalized spacial score (nSPS) is 13.1. The van der Waals surface area contributed by atoms with Crippen LogP contribution >= 0.6 is 0 Å². The van der Waals surface area contributed by atoms with Gasteiger partial charge >= 0.3 is 5.97 Å². The molecule has 0 saturated heterocycles. The number of fused-ring (bicyclic) bond motifs is 1. The SMILES string of the molecule is Cc1[nH]n(-c2ccc3c(c2)CCCC3)c(=O)c1N=Nc1cc(NCCO)cc(-c2coc(C(=O)[OH2+])c2)c1O. The molecule has 2 heterocycles. The highest BCUT2D eigenvalue weighted by Crippen LogP contribution is 2.41. The number of azo groups is 1. The van der Waals surface area contributed by atoms with E-state index in [2.05, 4.69) is 26.7 Å². The number of phenols is 1. The van der Waals surface area contributed by atoms with Gasteiger partial charge in [0, 0.05) is 29.4 Å². The highest BCUT2D eigenvalue weighted by atomic mass is 16.4. The van der Waals surface area contributed by atoms with E-state index >= 15 is 0 Å². The smallest absolute Gasteiger partial charge is 0.559 e. The Morgan fingerprint density at radius 1 is 1.16 bits per heavy atom. The number of carbonyl (C=O) groups is 1. The van der Waals surface area contributed by atoms with E-state index in [1.807, 2.05) is 12.1 Å². The number of anilines is 1. The third-order valence-corrected chi connectivity index (χ3v) is 6.55. The number of aromatic amines is 1. The number of aromatic nitrogens is 2. The van der Waals surface area contributed by atoms with E-state index in [0.29, 0.717) is 16.9 Å². The second-order valence-electron chi connectivity index (χ2n) is 9.16. The number of hydrogen-bond acceptors (Lipinski definition) is 8. The molecule has 0 unspecified atom stereocenters. The number of hydrogen-bond donors (Lipinski definition) is 4. The number of aromatic hydroxyl groups is 1. The fourth-order valence-electron chi connectivity index (χ4n) is 4.61. The molecule has 1 aliphatic rings. The van der Waals surface area contributed by atoms with Crippen LogP contribution in [0.1, 0.15) is 40.2 Å². The molecule has 0 amide bonds. The molecule has 0 aliphatic heterocycles. The number of rotatable bonds is 8. The second kappa shape index (κ2) is 10.4. The Morgan fingerprint density at radius 2 is 1.95 bits per heavy atom. The molecule has 0 radical (unpaired) electrons. The summed E-state index contributed by atoms with van der Waals surface area (Å²) in [4.78, 5) is 24.6. The molecule has 2 aromatic carbocycles. The molecule has 0 fully saturated rings. The number of carbonyl (C=O) groups excluding carboxylic acids is 1. The standard InChI is InChI=1S/C27H27N5O6/c1-15-24(26(35)32(31-15)20-7-6-16-4-2-3-5-17(16)10-20)30-29-22-13-19(28-8-9-33)12-21(25(22)34)18-11-23(27(36)37)38-14-18/h6-7,10-14,28,31,33-34H,2-5,8-9H2,1H3,(H,36,37)/p+1. The molecule has 1 aliphatic carbocycles. The first-order valence-electron chi connectivity index (χ1n) is 12.3. The first-order valence-corrected chi connectivity index (χ1v) is 12.3. The van der Waals surface area contributed by atoms with Crippen molar-refractivity contribution in [3.63, 3.8) is 0 Å². The van der Waals surface area contributed by atoms with Crippen LogP contribution in [0.15, 0.2) is 62.1 Å². The van der Waals surface area contributed by atoms with Crippen LogP contribution in [0.5, 0.6) is 5.75 Å². The van der Waals surface area contributed by atoms with E-state index in [-0.39, 0.29) is 47.2 Å². The van der Waals surface area contributed by atoms with Gasteiger partial charge in [-0.2, -0.15) is 0 Å². The molecule has 4 aromatic rings. The largest absolute Gasteiger partial charge is 0.584 e. The van der Waals surface area contributed by atoms with Crippen molar-refractivity contribution in [2.45, 2.75) is 32.6 Å². The van der Waals surface area contributed by atoms with Crippen molar-refractivity contribution in [2.75, 3.05) is 18.5 Å². The Morgan fingerprint density at radius 3 is 2.68 bits per heavy atom. The molecule has 0 saturated carbocycles. The summed E-state index contributed by atoms with van der Waals surface area (Å²) in [6.45, 7) is 1.84. The Kier molecular flexibility index (Phi) is 6.84. The minimum atomic E-state index is -0.997. The monoisotopic (exact) mass is 518 g/mol. The maximum absolute atomic E-state index is 13.2. The third kappa shape index (κ3) is 4.83. The van der Waals surface area contributed by atoms with Crippen molar-refractivity contribution in [2.24, 2.45) is 10.2 Å². The van der Waals surface area contributed by atoms with Crippen molar-refractivity contribution >= 4 is 23.0 Å². The lowest BCUT2D eigenvalue weighted by Crippen LogP contribution is -2.15. The van der Waals surface area contributed by atoms with Crippen molar-refractivity contribution in [3.8, 4) is 22.6 Å². The van der Waals surface area contributed by atoms with Crippen LogP contribution in [0, 0.1) is 6.92 Å². The van der Waals surface area contributed by atoms with Gasteiger partial charge in [-0.3, -0.25) is 9.89 Å². The minimum absolute atomic E-state index is 0.0585. The summed E-state index contributed by atoms with van der Waals surface area (Å²) in [5.74, 6) is -1.43. The average molecular weight is 519 g/mol. The molecule has 6 N–H and O–H groups in total. The van der Waals surface area contributed by atoms with E-state index in [1.165, 1.54) is 40.6 Å². The summed E-state index contributed by atoms with van der Waals surface area (Å²) in [6, 6.07) is 10.5. The fourth-order valence-corrected chi connectivity index (χ4v) is 4.61. The molecule has 0 atom stereocenters. The minimum Gasteiger partial charge on any atom is -0.559 e. The summed E-state index contributed by atoms with van der Waals surface area (Å²) >= 11 is 0. The molecule has 196 valence electrons. The van der Waals surface area contributed by atoms with Crippen LogP contribution in [-0.2, 0) is 12.8 Å². The Hall–Kier alpha value is -4.64. The van der Waals surface area contributed by atoms with Crippen LogP contribution in [0.3, 0.4) is 0 Å². The van der Waals surface area contributed by atoms with Gasteiger partial charge < -0.3 is 25.1 Å². The summed E-state index contributed by atoms with van der Waals surface area (Å²) in [7, 11) is 0. The van der Waals surface area contributed by atoms with E-state index in [1.54, 1.807) is 13.0 Å². The van der Waals surface area contributed by atoms with E-state index in [4.69, 9.17) is 9.52 Å². The number of aliphatic hydroxyl groups excluding tert-OH is 1. The van der Waals surface area contributed by atoms with E-state index in [9.17, 15) is 19.8 Å². The maximum atomic E-state index is 13.2. The lowest BCUT2D eigenvalue weighted by molar-refractivity contribution is 0.0662. The lowest BCUT2D eigenvalue weighted by atomic mass is 9.91. The zero-order valence-corrected chi connectivity index (χ0v) is 20.7. The molecule has 0 spiro atoms. The molecular formula is C27H28N5O6+. The summed E-state index contributed by atoms with van der Waals surface area (Å²) in [5.41, 5.74) is 4.72. The van der Waals surface area contributed by atoms with Crippen LogP contribution < -0.4 is 10.9 Å². The number of nitrogens with one attached hydrogen (secondary N) is 2. The predicted octanol–water partition coefficient (Wildman–Crippen LogP) is 4.00. The number of phenolic OH excluding ortho intramolecular Hbond substituents is 1. The summed E-state index contributed by atoms with van der Waals surface area (Å²) < 4.78 is 6.56. The second-order valence-corrected chi connectivity index (χ2v) is 9.16. The number of aryl methyl sites for hydroxylation is 3. The van der Waals surface area contributed by atoms with Gasteiger partial charge in [0.2, 0.25) is 0 Å². The van der Waals surface area contributed by atoms with Crippen molar-refractivity contribution in [3.05, 3.63) is 75.6 Å². The number of furan rings is 1. The quantitative estimate of drug-likeness (QED) is 0.156. The van der Waals surface area contributed by atoms with Gasteiger partial charge in [0.15, 0.2) is 11.4 Å². The lowest BCUT2D eigenvalue weighted by Gasteiger charge is -2.16. The van der Waals surface area contributed by atoms with Gasteiger partial charge in [0.05, 0.1) is 29.0 Å². The molecular weight excluding hydrogens is 490 g/mol. The summed E-state index contributed by atoms with van der Waals surface area (Å²) in [5, 5.41) is 41.8. The third-order valence-electron chi connectivity index (χ3n) is 6.55. The van der Waals surface area contributed by atoms with Gasteiger partial charge in [0.25, 0.3) is 11.3 Å². The van der Waals surface area contributed by atoms with Crippen molar-refractivity contribution < 1.29 is 24.5 Å². The van der Waals surface area contributed by atoms with Gasteiger partial charge in [0.1, 0.15) is 5.69 Å². The molecule has 11 nitrogen and oxygen atoms in total. The van der Waals surface area contributed by atoms with E-state index in [0.717, 1.165) is 24.9 Å². The van der Waals surface area contributed by atoms with Crippen LogP contribution in [-0.4, -0.2) is 44.2 Å². The average Bonchev–Trinajstić information content (AvgIpc) is 3.52. The first kappa shape index (κ1) is 25.0. The van der Waals surface area contributed by atoms with Gasteiger partial charge in [-0.25, -0.2) is 4.68 Å². The van der Waals surface area contributed by atoms with Crippen LogP contribution in [0.2, 0.25) is 0 Å². The molecule has 5 rings (SSSR count). The van der Waals surface area contributed by atoms with Gasteiger partial charge in [-0.05, 0) is 68.0 Å². The zero-order chi connectivity index (χ0) is 26.8. The number of aliphatic hydroxyl groups is 1. The topological polar surface area (TPSA) is 168 Å². The molecule has 11 heteroatoms. The Labute approximate surface area is 217 Å². The van der Waals surface area contributed by atoms with Crippen LogP contribution in [0.25, 0.3) is 16.8 Å². The van der Waals surface area contributed by atoms with Crippen molar-refractivity contribution in [1.29, 1.82) is 0 Å². The molecule has 38 heavy (non-hydrogen) atoms. The van der Waals surface area contributed by atoms with Crippen molar-refractivity contribution in [1.82, 2.24) is 9.78 Å². The highest BCUT2D eigenvalue weighted by Gasteiger charge is 2.21. The zero-order valence-electron chi connectivity index (χ0n) is 20.7. The van der Waals surface area contributed by atoms with Gasteiger partial charge in [-0.15, -0.1) is 10.2 Å². The van der Waals surface area contributed by atoms with Crippen LogP contribution in [0.4, 0.5) is 17.1 Å². The molecule has 2 aromatic heterocycles. The first-order chi connectivity index (χ1) is 18.4. The highest BCUT2D eigenvalue weighted by molar-refractivity contribution is 5.88. The van der Waals surface area contributed by atoms with E-state index < -0.39 is 5.97 Å². The fraction of sp³-hybridized carbons (Fsp3) is 0.259. The Bertz CT molecular complexity index is 1600. The summed E-state index contributed by atoms with van der Waals surface area (Å²) in [6.07, 6.45) is 5.59. The number of nitrogens with zero attached hydrogens (tertiary/aromatic N) is 3. The maximum Gasteiger partial charge on any atom is 0.584 e. The number of benzene rings is 2. The van der Waals surface area contributed by atoms with Gasteiger partial charge in [-0.1, -0.05) is 6.07 Å². The Balaban J connectivity index is 1.52.